The topological polar surface area (TPSA) is 36.4 Å². The van der Waals surface area contributed by atoms with E-state index in [9.17, 15) is 9.50 Å². The third-order valence-corrected chi connectivity index (χ3v) is 3.44. The van der Waals surface area contributed by atoms with E-state index in [4.69, 9.17) is 0 Å². The highest BCUT2D eigenvalue weighted by Crippen LogP contribution is 2.25. The van der Waals surface area contributed by atoms with Crippen LogP contribution in [0.5, 0.6) is 0 Å². The zero-order chi connectivity index (χ0) is 12.5. The minimum atomic E-state index is -0.592. The van der Waals surface area contributed by atoms with Gasteiger partial charge < -0.3 is 10.0 Å². The third-order valence-electron chi connectivity index (χ3n) is 3.44. The Morgan fingerprint density at radius 2 is 2.18 bits per heavy atom. The van der Waals surface area contributed by atoms with Gasteiger partial charge in [-0.3, -0.25) is 4.98 Å². The molecule has 1 aliphatic rings. The summed E-state index contributed by atoms with van der Waals surface area (Å²) in [4.78, 5) is 6.14. The summed E-state index contributed by atoms with van der Waals surface area (Å²) in [6.07, 6.45) is 4.13. The van der Waals surface area contributed by atoms with Gasteiger partial charge >= 0.3 is 0 Å². The maximum atomic E-state index is 13.4. The van der Waals surface area contributed by atoms with Crippen molar-refractivity contribution in [3.05, 3.63) is 23.8 Å². The lowest BCUT2D eigenvalue weighted by molar-refractivity contribution is 0.0481. The average molecular weight is 238 g/mol. The van der Waals surface area contributed by atoms with Crippen molar-refractivity contribution in [3.8, 4) is 0 Å². The Morgan fingerprint density at radius 3 is 2.88 bits per heavy atom. The maximum absolute atomic E-state index is 13.4. The fraction of sp³-hybridized carbons (Fsp3) is 0.615. The van der Waals surface area contributed by atoms with E-state index < -0.39 is 5.60 Å². The van der Waals surface area contributed by atoms with Crippen LogP contribution in [-0.2, 0) is 0 Å². The number of aromatic nitrogens is 1. The highest BCUT2D eigenvalue weighted by atomic mass is 19.1. The van der Waals surface area contributed by atoms with Gasteiger partial charge in [-0.05, 0) is 33.1 Å². The van der Waals surface area contributed by atoms with Gasteiger partial charge in [0.15, 0.2) is 0 Å². The van der Waals surface area contributed by atoms with Gasteiger partial charge in [-0.2, -0.15) is 0 Å². The zero-order valence-corrected chi connectivity index (χ0v) is 10.4. The highest BCUT2D eigenvalue weighted by Gasteiger charge is 2.25. The SMILES string of the molecule is Cc1ncc(N2CCC[C@@](C)(O)CC2)cc1F. The van der Waals surface area contributed by atoms with Gasteiger partial charge in [0.25, 0.3) is 0 Å². The Labute approximate surface area is 101 Å². The second-order valence-electron chi connectivity index (χ2n) is 5.10. The molecule has 94 valence electrons. The van der Waals surface area contributed by atoms with Crippen molar-refractivity contribution < 1.29 is 9.50 Å². The van der Waals surface area contributed by atoms with Crippen LogP contribution in [0.1, 0.15) is 31.9 Å². The number of aryl methyl sites for hydroxylation is 1. The van der Waals surface area contributed by atoms with Crippen LogP contribution in [0.15, 0.2) is 12.3 Å². The number of pyridine rings is 1. The number of aliphatic hydroxyl groups is 1. The maximum Gasteiger partial charge on any atom is 0.146 e. The lowest BCUT2D eigenvalue weighted by Gasteiger charge is -2.24. The molecule has 0 spiro atoms. The highest BCUT2D eigenvalue weighted by molar-refractivity contribution is 5.45. The molecule has 1 aromatic heterocycles. The fourth-order valence-electron chi connectivity index (χ4n) is 2.19. The molecule has 2 heterocycles. The van der Waals surface area contributed by atoms with Crippen molar-refractivity contribution in [2.45, 2.75) is 38.7 Å². The van der Waals surface area contributed by atoms with Crippen LogP contribution in [0.3, 0.4) is 0 Å². The van der Waals surface area contributed by atoms with Crippen molar-refractivity contribution in [1.29, 1.82) is 0 Å². The van der Waals surface area contributed by atoms with Crippen LogP contribution in [0.25, 0.3) is 0 Å². The fourth-order valence-corrected chi connectivity index (χ4v) is 2.19. The molecule has 0 saturated carbocycles. The van der Waals surface area contributed by atoms with E-state index in [1.54, 1.807) is 13.1 Å². The van der Waals surface area contributed by atoms with Crippen molar-refractivity contribution in [3.63, 3.8) is 0 Å². The monoisotopic (exact) mass is 238 g/mol. The number of halogens is 1. The van der Waals surface area contributed by atoms with Gasteiger partial charge in [0.2, 0.25) is 0 Å². The van der Waals surface area contributed by atoms with E-state index in [1.807, 2.05) is 6.92 Å². The molecule has 17 heavy (non-hydrogen) atoms. The summed E-state index contributed by atoms with van der Waals surface area (Å²) < 4.78 is 13.4. The number of hydrogen-bond donors (Lipinski definition) is 1. The molecule has 1 fully saturated rings. The van der Waals surface area contributed by atoms with E-state index in [1.165, 1.54) is 6.07 Å². The van der Waals surface area contributed by atoms with Crippen LogP contribution in [0, 0.1) is 12.7 Å². The summed E-state index contributed by atoms with van der Waals surface area (Å²) in [6.45, 7) is 5.12. The molecule has 1 saturated heterocycles. The van der Waals surface area contributed by atoms with Gasteiger partial charge in [0, 0.05) is 19.2 Å². The summed E-state index contributed by atoms with van der Waals surface area (Å²) in [5.41, 5.74) is 0.646. The largest absolute Gasteiger partial charge is 0.390 e. The molecule has 1 aromatic rings. The number of hydrogen-bond acceptors (Lipinski definition) is 3. The molecule has 0 aliphatic carbocycles. The molecule has 3 nitrogen and oxygen atoms in total. The van der Waals surface area contributed by atoms with Crippen LogP contribution in [-0.4, -0.2) is 28.8 Å². The van der Waals surface area contributed by atoms with E-state index in [-0.39, 0.29) is 5.82 Å². The Balaban J connectivity index is 2.14. The van der Waals surface area contributed by atoms with Crippen molar-refractivity contribution in [2.24, 2.45) is 0 Å². The summed E-state index contributed by atoms with van der Waals surface area (Å²) >= 11 is 0. The summed E-state index contributed by atoms with van der Waals surface area (Å²) in [5.74, 6) is -0.265. The van der Waals surface area contributed by atoms with Crippen LogP contribution in [0.4, 0.5) is 10.1 Å². The second kappa shape index (κ2) is 4.61. The third kappa shape index (κ3) is 2.94. The zero-order valence-electron chi connectivity index (χ0n) is 10.4. The minimum Gasteiger partial charge on any atom is -0.390 e. The molecule has 0 amide bonds. The summed E-state index contributed by atoms with van der Waals surface area (Å²) in [5, 5.41) is 10.0. The lowest BCUT2D eigenvalue weighted by Crippen LogP contribution is -2.28. The molecular formula is C13H19FN2O. The molecule has 0 bridgehead atoms. The number of nitrogens with zero attached hydrogens (tertiary/aromatic N) is 2. The van der Waals surface area contributed by atoms with Gasteiger partial charge in [0.1, 0.15) is 5.82 Å². The predicted octanol–water partition coefficient (Wildman–Crippen LogP) is 2.27. The number of rotatable bonds is 1. The lowest BCUT2D eigenvalue weighted by atomic mass is 9.98. The summed E-state index contributed by atoms with van der Waals surface area (Å²) in [6, 6.07) is 1.53. The molecule has 1 N–H and O–H groups in total. The first kappa shape index (κ1) is 12.3. The van der Waals surface area contributed by atoms with Crippen molar-refractivity contribution in [2.75, 3.05) is 18.0 Å². The molecule has 1 aliphatic heterocycles. The molecule has 0 unspecified atom stereocenters. The molecule has 0 radical (unpaired) electrons. The first-order valence-electron chi connectivity index (χ1n) is 6.07. The molecular weight excluding hydrogens is 219 g/mol. The quantitative estimate of drug-likeness (QED) is 0.815. The van der Waals surface area contributed by atoms with E-state index in [0.717, 1.165) is 31.6 Å². The van der Waals surface area contributed by atoms with Crippen molar-refractivity contribution in [1.82, 2.24) is 4.98 Å². The molecule has 4 heteroatoms. The average Bonchev–Trinajstić information content (AvgIpc) is 2.44. The van der Waals surface area contributed by atoms with Crippen molar-refractivity contribution >= 4 is 5.69 Å². The van der Waals surface area contributed by atoms with E-state index in [0.29, 0.717) is 12.1 Å². The second-order valence-corrected chi connectivity index (χ2v) is 5.10. The van der Waals surface area contributed by atoms with Crippen LogP contribution < -0.4 is 4.90 Å². The van der Waals surface area contributed by atoms with Gasteiger partial charge in [-0.1, -0.05) is 0 Å². The molecule has 2 rings (SSSR count). The normalized spacial score (nSPS) is 25.8. The molecule has 0 aromatic carbocycles. The first-order chi connectivity index (χ1) is 7.98. The Bertz CT molecular complexity index is 406. The van der Waals surface area contributed by atoms with Gasteiger partial charge in [0.05, 0.1) is 23.2 Å². The van der Waals surface area contributed by atoms with Crippen LogP contribution in [0.2, 0.25) is 0 Å². The number of anilines is 1. The Morgan fingerprint density at radius 1 is 1.41 bits per heavy atom. The smallest absolute Gasteiger partial charge is 0.146 e. The van der Waals surface area contributed by atoms with Gasteiger partial charge in [-0.15, -0.1) is 0 Å². The Hall–Kier alpha value is -1.16. The van der Waals surface area contributed by atoms with E-state index in [2.05, 4.69) is 9.88 Å². The van der Waals surface area contributed by atoms with Gasteiger partial charge in [-0.25, -0.2) is 4.39 Å². The van der Waals surface area contributed by atoms with Crippen LogP contribution >= 0.6 is 0 Å². The Kier molecular flexibility index (Phi) is 3.33. The minimum absolute atomic E-state index is 0.265. The predicted molar refractivity (Wildman–Crippen MR) is 65.6 cm³/mol. The summed E-state index contributed by atoms with van der Waals surface area (Å²) in [7, 11) is 0. The first-order valence-corrected chi connectivity index (χ1v) is 6.07. The van der Waals surface area contributed by atoms with E-state index >= 15 is 0 Å². The standard InChI is InChI=1S/C13H19FN2O/c1-10-12(14)8-11(9-15-10)16-6-3-4-13(2,17)5-7-16/h8-9,17H,3-7H2,1-2H3/t13-/m1/s1. The molecule has 1 atom stereocenters.